The van der Waals surface area contributed by atoms with Gasteiger partial charge in [0.25, 0.3) is 0 Å². The van der Waals surface area contributed by atoms with Gasteiger partial charge in [-0.2, -0.15) is 0 Å². The molecule has 0 aliphatic carbocycles. The Kier molecular flexibility index (Phi) is 23.8. The molecule has 0 saturated heterocycles. The fourth-order valence-corrected chi connectivity index (χ4v) is 9.88. The van der Waals surface area contributed by atoms with Crippen molar-refractivity contribution in [2.75, 3.05) is 32.7 Å². The lowest BCUT2D eigenvalue weighted by Crippen LogP contribution is -2.10. The minimum atomic E-state index is -0.669. The number of hydrogen-bond acceptors (Lipinski definition) is 15. The van der Waals surface area contributed by atoms with Crippen LogP contribution in [0.5, 0.6) is 57.5 Å². The first-order valence-electron chi connectivity index (χ1n) is 27.0. The summed E-state index contributed by atoms with van der Waals surface area (Å²) in [7, 11) is 0. The third-order valence-corrected chi connectivity index (χ3v) is 14.0. The highest BCUT2D eigenvalue weighted by Crippen LogP contribution is 2.46. The minimum Gasteiger partial charge on any atom is -0.508 e. The predicted octanol–water partition coefficient (Wildman–Crippen LogP) is 14.0. The molecule has 6 aromatic carbocycles. The molecule has 456 valence electrons. The number of benzene rings is 6. The molecular formula is C68H71Cl2F2N5O10. The summed E-state index contributed by atoms with van der Waals surface area (Å²) in [5.74, 6) is 3.14. The van der Waals surface area contributed by atoms with Gasteiger partial charge in [-0.3, -0.25) is 0 Å². The monoisotopic (exact) mass is 1230 g/mol. The first-order chi connectivity index (χ1) is 41.2. The quantitative estimate of drug-likeness (QED) is 0.0545. The maximum Gasteiger partial charge on any atom is 0.165 e. The zero-order valence-corrected chi connectivity index (χ0v) is 48.5. The highest BCUT2D eigenvalue weighted by Gasteiger charge is 2.26. The largest absolute Gasteiger partial charge is 0.508 e. The van der Waals surface area contributed by atoms with E-state index in [2.05, 4.69) is 32.9 Å². The van der Waals surface area contributed by atoms with Crippen LogP contribution in [-0.2, 0) is 6.42 Å². The molecule has 0 unspecified atom stereocenters. The zero-order valence-electron chi connectivity index (χ0n) is 47.0. The lowest BCUT2D eigenvalue weighted by atomic mass is 9.93. The minimum absolute atomic E-state index is 0. The van der Waals surface area contributed by atoms with Crippen LogP contribution in [0.2, 0.25) is 10.0 Å². The standard InChI is InChI=1S/C19H18FNO2.2C12H12ClNO2.C12H12FNO2.C12H13NO2.CH4/c1-12-9-14(7-8-21)15-11-17(20)18(22)16(19(15)23-12)10-13-5-3-2-4-6-13;1-7-4-8(2-3-14)9-5-10(13)11(15)6-12(9)16-7;1-7-6-8(4-5-14)9-2-3-10(15)11(13)12(9)16-7;1-7-4-8(2-3-14)9-5-10(13)11(15)6-12(9)16-7;1-8-6-9(4-5-13)11-3-2-10(14)7-12(11)15-8;/h2-6,9,11,22H,1,7-8,10,21H2;4-6,15H,1-3,14H2;2-3,6,15H,1,4-5,14H2;4-6,15H,1-3,14H2;2-3,6-7,14H,1,4-5,13H2;1H4. The predicted molar refractivity (Wildman–Crippen MR) is 344 cm³/mol. The molecule has 0 radical (unpaired) electrons. The van der Waals surface area contributed by atoms with Crippen LogP contribution in [0.25, 0.3) is 27.9 Å². The Labute approximate surface area is 515 Å². The van der Waals surface area contributed by atoms with Crippen molar-refractivity contribution < 1.29 is 58.0 Å². The molecule has 0 atom stereocenters. The van der Waals surface area contributed by atoms with E-state index in [1.165, 1.54) is 24.3 Å². The molecule has 0 aromatic heterocycles. The van der Waals surface area contributed by atoms with Gasteiger partial charge >= 0.3 is 0 Å². The first-order valence-corrected chi connectivity index (χ1v) is 27.8. The van der Waals surface area contributed by atoms with Gasteiger partial charge in [0.1, 0.15) is 74.1 Å². The summed E-state index contributed by atoms with van der Waals surface area (Å²) in [6.45, 7) is 21.3. The average Bonchev–Trinajstić information content (AvgIpc) is 1.86. The molecule has 5 aliphatic heterocycles. The Morgan fingerprint density at radius 3 is 1.34 bits per heavy atom. The van der Waals surface area contributed by atoms with Crippen LogP contribution in [0, 0.1) is 11.6 Å². The van der Waals surface area contributed by atoms with Crippen LogP contribution >= 0.6 is 23.2 Å². The fraction of sp³-hybridized carbons (Fsp3) is 0.176. The van der Waals surface area contributed by atoms with E-state index in [1.807, 2.05) is 54.6 Å². The molecule has 6 aromatic rings. The Hall–Kier alpha value is -9.04. The summed E-state index contributed by atoms with van der Waals surface area (Å²) in [5, 5.41) is 48.3. The summed E-state index contributed by atoms with van der Waals surface area (Å²) in [6.07, 6.45) is 12.8. The van der Waals surface area contributed by atoms with Crippen molar-refractivity contribution in [3.05, 3.63) is 244 Å². The van der Waals surface area contributed by atoms with Gasteiger partial charge in [0.15, 0.2) is 28.9 Å². The molecule has 0 amide bonds. The van der Waals surface area contributed by atoms with E-state index in [4.69, 9.17) is 75.6 Å². The summed E-state index contributed by atoms with van der Waals surface area (Å²) in [5.41, 5.74) is 37.9. The van der Waals surface area contributed by atoms with E-state index >= 15 is 0 Å². The average molecular weight is 1230 g/mol. The molecule has 19 heteroatoms. The second-order valence-corrected chi connectivity index (χ2v) is 20.4. The molecular weight excluding hydrogens is 1160 g/mol. The number of rotatable bonds is 12. The number of hydrogen-bond donors (Lipinski definition) is 10. The molecule has 15 N–H and O–H groups in total. The van der Waals surface area contributed by atoms with Crippen LogP contribution in [0.1, 0.15) is 78.5 Å². The highest BCUT2D eigenvalue weighted by atomic mass is 35.5. The van der Waals surface area contributed by atoms with Crippen molar-refractivity contribution in [3.8, 4) is 57.5 Å². The number of nitrogens with two attached hydrogens (primary N) is 5. The summed E-state index contributed by atoms with van der Waals surface area (Å²) in [4.78, 5) is 0. The normalized spacial score (nSPS) is 13.8. The van der Waals surface area contributed by atoms with Crippen molar-refractivity contribution in [2.24, 2.45) is 28.7 Å². The van der Waals surface area contributed by atoms with E-state index in [-0.39, 0.29) is 35.4 Å². The van der Waals surface area contributed by atoms with Gasteiger partial charge in [0, 0.05) is 58.0 Å². The van der Waals surface area contributed by atoms with Crippen LogP contribution < -0.4 is 52.4 Å². The lowest BCUT2D eigenvalue weighted by molar-refractivity contribution is 0.401. The molecule has 0 saturated carbocycles. The maximum atomic E-state index is 14.2. The number of allylic oxidation sites excluding steroid dienone is 5. The van der Waals surface area contributed by atoms with Gasteiger partial charge in [-0.25, -0.2) is 8.78 Å². The van der Waals surface area contributed by atoms with Crippen LogP contribution in [0.3, 0.4) is 0 Å². The molecule has 15 nitrogen and oxygen atoms in total. The van der Waals surface area contributed by atoms with E-state index < -0.39 is 17.4 Å². The lowest BCUT2D eigenvalue weighted by Gasteiger charge is -2.23. The van der Waals surface area contributed by atoms with Crippen molar-refractivity contribution in [2.45, 2.75) is 46.0 Å². The molecule has 0 fully saturated rings. The van der Waals surface area contributed by atoms with Crippen molar-refractivity contribution in [1.29, 1.82) is 0 Å². The summed E-state index contributed by atoms with van der Waals surface area (Å²) >= 11 is 11.8. The van der Waals surface area contributed by atoms with Gasteiger partial charge in [-0.15, -0.1) is 0 Å². The molecule has 5 aliphatic rings. The molecule has 0 spiro atoms. The van der Waals surface area contributed by atoms with Gasteiger partial charge in [0.05, 0.1) is 5.02 Å². The number of aromatic hydroxyl groups is 5. The van der Waals surface area contributed by atoms with Gasteiger partial charge in [0.2, 0.25) is 0 Å². The van der Waals surface area contributed by atoms with E-state index in [9.17, 15) is 34.3 Å². The Morgan fingerprint density at radius 2 is 0.828 bits per heavy atom. The van der Waals surface area contributed by atoms with Crippen molar-refractivity contribution >= 4 is 51.1 Å². The summed E-state index contributed by atoms with van der Waals surface area (Å²) in [6, 6.07) is 24.9. The second kappa shape index (κ2) is 30.9. The fourth-order valence-electron chi connectivity index (χ4n) is 9.51. The third-order valence-electron chi connectivity index (χ3n) is 13.3. The topological polar surface area (TPSA) is 277 Å². The first kappa shape index (κ1) is 67.1. The molecule has 0 bridgehead atoms. The van der Waals surface area contributed by atoms with Crippen LogP contribution in [0.15, 0.2) is 183 Å². The number of ether oxygens (including phenoxy) is 5. The van der Waals surface area contributed by atoms with E-state index in [1.54, 1.807) is 42.5 Å². The number of halogens is 4. The third kappa shape index (κ3) is 16.9. The smallest absolute Gasteiger partial charge is 0.165 e. The van der Waals surface area contributed by atoms with Crippen LogP contribution in [0.4, 0.5) is 8.78 Å². The SMILES string of the molecule is C.C=C1C=C(CCN)c2cc(Cl)c(O)cc2O1.C=C1C=C(CCN)c2cc(F)c(O)c(Cc3ccccc3)c2O1.C=C1C=C(CCN)c2cc(F)c(O)cc2O1.C=C1C=C(CCN)c2ccc(O)c(Cl)c2O1.C=C1C=C(CCN)c2ccc(O)cc2O1. The van der Waals surface area contributed by atoms with Gasteiger partial charge in [-0.1, -0.05) is 93.9 Å². The van der Waals surface area contributed by atoms with E-state index in [0.29, 0.717) is 131 Å². The number of fused-ring (bicyclic) bond motifs is 5. The van der Waals surface area contributed by atoms with Gasteiger partial charge < -0.3 is 77.9 Å². The van der Waals surface area contributed by atoms with Crippen LogP contribution in [-0.4, -0.2) is 58.3 Å². The Morgan fingerprint density at radius 1 is 0.414 bits per heavy atom. The Bertz CT molecular complexity index is 3670. The zero-order chi connectivity index (χ0) is 62.4. The summed E-state index contributed by atoms with van der Waals surface area (Å²) < 4.78 is 54.7. The number of phenols is 5. The number of phenolic OH excluding ortho intramolecular Hbond substituents is 5. The van der Waals surface area contributed by atoms with Crippen molar-refractivity contribution in [1.82, 2.24) is 0 Å². The second-order valence-electron chi connectivity index (χ2n) is 19.7. The van der Waals surface area contributed by atoms with E-state index in [0.717, 1.165) is 69.4 Å². The van der Waals surface area contributed by atoms with Gasteiger partial charge in [-0.05, 0) is 171 Å². The molecule has 87 heavy (non-hydrogen) atoms. The maximum absolute atomic E-state index is 14.2. The highest BCUT2D eigenvalue weighted by molar-refractivity contribution is 6.34. The molecule has 5 heterocycles. The molecule has 11 rings (SSSR count). The Balaban J connectivity index is 0.000000175. The van der Waals surface area contributed by atoms with Crippen molar-refractivity contribution in [3.63, 3.8) is 0 Å².